The lowest BCUT2D eigenvalue weighted by Crippen LogP contribution is -2.31. The molecule has 1 N–H and O–H groups in total. The Morgan fingerprint density at radius 1 is 0.880 bits per heavy atom. The Morgan fingerprint density at radius 3 is 2.36 bits per heavy atom. The first kappa shape index (κ1) is 16.2. The predicted molar refractivity (Wildman–Crippen MR) is 102 cm³/mol. The quantitative estimate of drug-likeness (QED) is 0.562. The van der Waals surface area contributed by atoms with E-state index in [1.165, 1.54) is 11.6 Å². The van der Waals surface area contributed by atoms with E-state index in [4.69, 9.17) is 11.6 Å². The van der Waals surface area contributed by atoms with Crippen molar-refractivity contribution in [2.45, 2.75) is 18.9 Å². The molecule has 0 saturated carbocycles. The fraction of sp³-hybridized carbons (Fsp3) is 0.182. The smallest absolute Gasteiger partial charge is 0.127 e. The van der Waals surface area contributed by atoms with E-state index in [1.54, 1.807) is 6.07 Å². The lowest BCUT2D eigenvalue weighted by atomic mass is 9.73. The van der Waals surface area contributed by atoms with Crippen LogP contribution in [0, 0.1) is 11.7 Å². The Kier molecular flexibility index (Phi) is 4.22. The Morgan fingerprint density at radius 2 is 1.60 bits per heavy atom. The molecule has 0 bridgehead atoms. The fourth-order valence-corrected chi connectivity index (χ4v) is 4.10. The highest BCUT2D eigenvalue weighted by molar-refractivity contribution is 6.30. The molecule has 0 aliphatic carbocycles. The van der Waals surface area contributed by atoms with Crippen molar-refractivity contribution < 1.29 is 4.39 Å². The van der Waals surface area contributed by atoms with Crippen molar-refractivity contribution in [2.24, 2.45) is 5.92 Å². The highest BCUT2D eigenvalue weighted by atomic mass is 35.5. The molecule has 4 rings (SSSR count). The second kappa shape index (κ2) is 6.53. The molecule has 0 aromatic heterocycles. The van der Waals surface area contributed by atoms with Gasteiger partial charge in [-0.3, -0.25) is 0 Å². The summed E-state index contributed by atoms with van der Waals surface area (Å²) >= 11 is 6.25. The van der Waals surface area contributed by atoms with Crippen molar-refractivity contribution in [3.8, 4) is 0 Å². The maximum absolute atomic E-state index is 14.6. The average Bonchev–Trinajstić information content (AvgIpc) is 2.63. The van der Waals surface area contributed by atoms with Crippen molar-refractivity contribution in [3.05, 3.63) is 100 Å². The summed E-state index contributed by atoms with van der Waals surface area (Å²) in [6.45, 7) is 2.17. The van der Waals surface area contributed by atoms with Crippen LogP contribution < -0.4 is 5.32 Å². The van der Waals surface area contributed by atoms with Gasteiger partial charge in [0.15, 0.2) is 0 Å². The van der Waals surface area contributed by atoms with Gasteiger partial charge in [-0.1, -0.05) is 67.1 Å². The molecule has 0 saturated heterocycles. The third-order valence-electron chi connectivity index (χ3n) is 5.11. The number of nitrogens with one attached hydrogen (secondary N) is 1. The second-order valence-corrected chi connectivity index (χ2v) is 7.06. The molecular formula is C22H19ClFN. The number of hydrogen-bond acceptors (Lipinski definition) is 1. The van der Waals surface area contributed by atoms with Crippen LogP contribution in [0.15, 0.2) is 72.8 Å². The summed E-state index contributed by atoms with van der Waals surface area (Å²) in [5, 5.41) is 4.30. The van der Waals surface area contributed by atoms with Crippen LogP contribution in [-0.2, 0) is 0 Å². The Labute approximate surface area is 152 Å². The minimum Gasteiger partial charge on any atom is -0.378 e. The van der Waals surface area contributed by atoms with Crippen LogP contribution in [0.4, 0.5) is 10.1 Å². The van der Waals surface area contributed by atoms with Gasteiger partial charge in [-0.05, 0) is 46.9 Å². The van der Waals surface area contributed by atoms with E-state index in [0.29, 0.717) is 5.02 Å². The van der Waals surface area contributed by atoms with Gasteiger partial charge >= 0.3 is 0 Å². The Bertz CT molecular complexity index is 894. The van der Waals surface area contributed by atoms with E-state index in [-0.39, 0.29) is 23.7 Å². The summed E-state index contributed by atoms with van der Waals surface area (Å²) in [7, 11) is 0. The topological polar surface area (TPSA) is 12.0 Å². The van der Waals surface area contributed by atoms with E-state index in [9.17, 15) is 4.39 Å². The molecular weight excluding hydrogens is 333 g/mol. The molecule has 1 aliphatic rings. The molecule has 0 spiro atoms. The Balaban J connectivity index is 1.88. The normalized spacial score (nSPS) is 22.1. The summed E-state index contributed by atoms with van der Waals surface area (Å²) in [6, 6.07) is 23.3. The first-order chi connectivity index (χ1) is 12.1. The van der Waals surface area contributed by atoms with E-state index in [2.05, 4.69) is 24.4 Å². The van der Waals surface area contributed by atoms with Crippen LogP contribution in [0.5, 0.6) is 0 Å². The molecule has 0 fully saturated rings. The highest BCUT2D eigenvalue weighted by Crippen LogP contribution is 2.48. The molecule has 1 aliphatic heterocycles. The SMILES string of the molecule is C[C@@H]1[C@H](c2ccccc2F)c2cc(Cl)ccc2N[C@@H]1c1ccccc1. The minimum absolute atomic E-state index is 0.0543. The zero-order chi connectivity index (χ0) is 17.4. The molecule has 25 heavy (non-hydrogen) atoms. The third-order valence-corrected chi connectivity index (χ3v) is 5.35. The van der Waals surface area contributed by atoms with Gasteiger partial charge in [-0.25, -0.2) is 4.39 Å². The number of halogens is 2. The summed E-state index contributed by atoms with van der Waals surface area (Å²) in [5.41, 5.74) is 4.00. The number of fused-ring (bicyclic) bond motifs is 1. The van der Waals surface area contributed by atoms with Gasteiger partial charge in [0.05, 0.1) is 6.04 Å². The summed E-state index contributed by atoms with van der Waals surface area (Å²) in [5.74, 6) is -0.0504. The molecule has 3 aromatic carbocycles. The largest absolute Gasteiger partial charge is 0.378 e. The van der Waals surface area contributed by atoms with Crippen LogP contribution in [0.2, 0.25) is 5.02 Å². The lowest BCUT2D eigenvalue weighted by Gasteiger charge is -2.40. The zero-order valence-corrected chi connectivity index (χ0v) is 14.7. The van der Waals surface area contributed by atoms with Crippen LogP contribution in [-0.4, -0.2) is 0 Å². The van der Waals surface area contributed by atoms with Crippen molar-refractivity contribution in [3.63, 3.8) is 0 Å². The first-order valence-corrected chi connectivity index (χ1v) is 8.88. The minimum atomic E-state index is -0.168. The summed E-state index contributed by atoms with van der Waals surface area (Å²) in [4.78, 5) is 0. The van der Waals surface area contributed by atoms with Gasteiger partial charge in [-0.2, -0.15) is 0 Å². The van der Waals surface area contributed by atoms with E-state index >= 15 is 0 Å². The fourth-order valence-electron chi connectivity index (χ4n) is 3.92. The molecule has 0 radical (unpaired) electrons. The van der Waals surface area contributed by atoms with Crippen LogP contribution in [0.3, 0.4) is 0 Å². The lowest BCUT2D eigenvalue weighted by molar-refractivity contribution is 0.417. The number of benzene rings is 3. The summed E-state index contributed by atoms with van der Waals surface area (Å²) < 4.78 is 14.6. The molecule has 0 unspecified atom stereocenters. The van der Waals surface area contributed by atoms with Gasteiger partial charge in [0.1, 0.15) is 5.82 Å². The predicted octanol–water partition coefficient (Wildman–Crippen LogP) is 6.41. The van der Waals surface area contributed by atoms with Gasteiger partial charge < -0.3 is 5.32 Å². The highest BCUT2D eigenvalue weighted by Gasteiger charge is 2.36. The average molecular weight is 352 g/mol. The molecule has 1 heterocycles. The Hall–Kier alpha value is -2.32. The molecule has 3 heteroatoms. The van der Waals surface area contributed by atoms with E-state index < -0.39 is 0 Å². The zero-order valence-electron chi connectivity index (χ0n) is 13.9. The molecule has 0 amide bonds. The number of rotatable bonds is 2. The number of hydrogen-bond donors (Lipinski definition) is 1. The standard InChI is InChI=1S/C22H19ClFN/c1-14-21(17-9-5-6-10-19(17)24)18-13-16(23)11-12-20(18)25-22(14)15-7-3-2-4-8-15/h2-14,21-22,25H,1H3/t14-,21-,22+/m1/s1. The second-order valence-electron chi connectivity index (χ2n) is 6.62. The van der Waals surface area contributed by atoms with Gasteiger partial charge in [-0.15, -0.1) is 0 Å². The number of anilines is 1. The van der Waals surface area contributed by atoms with Gasteiger partial charge in [0, 0.05) is 16.6 Å². The van der Waals surface area contributed by atoms with E-state index in [0.717, 1.165) is 16.8 Å². The van der Waals surface area contributed by atoms with Crippen LogP contribution in [0.25, 0.3) is 0 Å². The monoisotopic (exact) mass is 351 g/mol. The van der Waals surface area contributed by atoms with Crippen LogP contribution in [0.1, 0.15) is 35.6 Å². The van der Waals surface area contributed by atoms with Gasteiger partial charge in [0.25, 0.3) is 0 Å². The van der Waals surface area contributed by atoms with E-state index in [1.807, 2.05) is 48.5 Å². The van der Waals surface area contributed by atoms with Crippen LogP contribution >= 0.6 is 11.6 Å². The van der Waals surface area contributed by atoms with Crippen molar-refractivity contribution in [1.29, 1.82) is 0 Å². The first-order valence-electron chi connectivity index (χ1n) is 8.50. The summed E-state index contributed by atoms with van der Waals surface area (Å²) in [6.07, 6.45) is 0. The maximum atomic E-state index is 14.6. The molecule has 3 aromatic rings. The van der Waals surface area contributed by atoms with Crippen molar-refractivity contribution in [1.82, 2.24) is 0 Å². The van der Waals surface area contributed by atoms with Crippen molar-refractivity contribution in [2.75, 3.05) is 5.32 Å². The molecule has 1 nitrogen and oxygen atoms in total. The molecule has 126 valence electrons. The maximum Gasteiger partial charge on any atom is 0.127 e. The van der Waals surface area contributed by atoms with Crippen molar-refractivity contribution >= 4 is 17.3 Å². The molecule has 3 atom stereocenters. The third kappa shape index (κ3) is 2.91. The van der Waals surface area contributed by atoms with Gasteiger partial charge in [0.2, 0.25) is 0 Å².